The third kappa shape index (κ3) is 26.8. The molecular formula is C44H77O13P. The quantitative estimate of drug-likeness (QED) is 0.0155. The molecule has 0 aliphatic heterocycles. The summed E-state index contributed by atoms with van der Waals surface area (Å²) in [5.74, 6) is -1.15. The fourth-order valence-electron chi connectivity index (χ4n) is 6.40. The Morgan fingerprint density at radius 3 is 1.50 bits per heavy atom. The van der Waals surface area contributed by atoms with Gasteiger partial charge in [0.15, 0.2) is 6.10 Å². The van der Waals surface area contributed by atoms with Crippen molar-refractivity contribution in [1.82, 2.24) is 0 Å². The number of rotatable bonds is 35. The van der Waals surface area contributed by atoms with Crippen LogP contribution in [0.4, 0.5) is 0 Å². The van der Waals surface area contributed by atoms with Gasteiger partial charge in [-0.3, -0.25) is 18.6 Å². The maximum absolute atomic E-state index is 12.8. The zero-order valence-corrected chi connectivity index (χ0v) is 36.2. The van der Waals surface area contributed by atoms with Gasteiger partial charge in [0.1, 0.15) is 43.2 Å². The summed E-state index contributed by atoms with van der Waals surface area (Å²) in [6.07, 6.45) is 26.0. The van der Waals surface area contributed by atoms with Crippen molar-refractivity contribution in [3.63, 3.8) is 0 Å². The molecule has 58 heavy (non-hydrogen) atoms. The van der Waals surface area contributed by atoms with E-state index in [9.17, 15) is 44.6 Å². The van der Waals surface area contributed by atoms with Crippen molar-refractivity contribution in [3.8, 4) is 0 Å². The Morgan fingerprint density at radius 2 is 0.983 bits per heavy atom. The predicted molar refractivity (Wildman–Crippen MR) is 226 cm³/mol. The van der Waals surface area contributed by atoms with E-state index in [1.165, 1.54) is 64.2 Å². The van der Waals surface area contributed by atoms with E-state index in [0.717, 1.165) is 57.8 Å². The van der Waals surface area contributed by atoms with E-state index in [-0.39, 0.29) is 12.8 Å². The van der Waals surface area contributed by atoms with E-state index in [2.05, 4.69) is 56.4 Å². The highest BCUT2D eigenvalue weighted by molar-refractivity contribution is 7.47. The summed E-state index contributed by atoms with van der Waals surface area (Å²) in [4.78, 5) is 35.6. The molecule has 0 aromatic heterocycles. The molecule has 13 nitrogen and oxygen atoms in total. The number of allylic oxidation sites excluding steroid dienone is 8. The van der Waals surface area contributed by atoms with E-state index in [1.807, 2.05) is 6.08 Å². The number of aliphatic hydroxyl groups excluding tert-OH is 5. The summed E-state index contributed by atoms with van der Waals surface area (Å²) in [6, 6.07) is 0. The van der Waals surface area contributed by atoms with Gasteiger partial charge in [-0.2, -0.15) is 0 Å². The van der Waals surface area contributed by atoms with Gasteiger partial charge in [0.2, 0.25) is 0 Å². The van der Waals surface area contributed by atoms with E-state index >= 15 is 0 Å². The largest absolute Gasteiger partial charge is 0.472 e. The van der Waals surface area contributed by atoms with Crippen molar-refractivity contribution < 1.29 is 63.1 Å². The molecular weight excluding hydrogens is 767 g/mol. The minimum Gasteiger partial charge on any atom is -0.462 e. The number of aliphatic hydroxyl groups is 5. The summed E-state index contributed by atoms with van der Waals surface area (Å²) in [5.41, 5.74) is 0. The first kappa shape index (κ1) is 53.8. The lowest BCUT2D eigenvalue weighted by atomic mass is 9.85. The van der Waals surface area contributed by atoms with E-state index < -0.39 is 75.7 Å². The van der Waals surface area contributed by atoms with Crippen LogP contribution in [0.1, 0.15) is 162 Å². The first-order chi connectivity index (χ1) is 27.9. The number of carbonyl (C=O) groups excluding carboxylic acids is 2. The molecule has 336 valence electrons. The summed E-state index contributed by atoms with van der Waals surface area (Å²) in [7, 11) is -5.13. The fraction of sp³-hybridized carbons (Fsp3) is 0.773. The second-order valence-corrected chi connectivity index (χ2v) is 16.6. The van der Waals surface area contributed by atoms with E-state index in [0.29, 0.717) is 12.8 Å². The standard InChI is InChI=1S/C44H77O13P/c1-3-5-7-9-11-13-15-17-19-21-23-25-27-29-31-33-38(46)56-36(35-55-58(52,53)57-44-42(50)40(48)39(47)41(49)43(44)51)34-54-37(45)32-30-28-26-24-22-20-18-16-14-12-10-8-6-4-2/h5,7,11,13,17,19,23,25,36,39-44,47-51H,3-4,6,8-10,12,14-16,18,20-22,24,26-35H2,1-2H3,(H,52,53)/b7-5-,13-11-,19-17-,25-23-. The smallest absolute Gasteiger partial charge is 0.462 e. The highest BCUT2D eigenvalue weighted by atomic mass is 31.2. The summed E-state index contributed by atoms with van der Waals surface area (Å²) in [5, 5.41) is 50.1. The topological polar surface area (TPSA) is 210 Å². The molecule has 0 aromatic carbocycles. The molecule has 6 N–H and O–H groups in total. The van der Waals surface area contributed by atoms with Crippen LogP contribution < -0.4 is 0 Å². The maximum atomic E-state index is 12.8. The van der Waals surface area contributed by atoms with Gasteiger partial charge >= 0.3 is 19.8 Å². The Labute approximate surface area is 348 Å². The molecule has 0 bridgehead atoms. The van der Waals surface area contributed by atoms with Crippen molar-refractivity contribution in [2.75, 3.05) is 13.2 Å². The van der Waals surface area contributed by atoms with Crippen LogP contribution in [0.2, 0.25) is 0 Å². The van der Waals surface area contributed by atoms with E-state index in [4.69, 9.17) is 18.5 Å². The highest BCUT2D eigenvalue weighted by Gasteiger charge is 2.51. The Balaban J connectivity index is 2.52. The van der Waals surface area contributed by atoms with Crippen LogP contribution in [-0.4, -0.2) is 98.3 Å². The Bertz CT molecular complexity index is 1210. The number of phosphoric ester groups is 1. The lowest BCUT2D eigenvalue weighted by molar-refractivity contribution is -0.220. The molecule has 14 heteroatoms. The van der Waals surface area contributed by atoms with Crippen molar-refractivity contribution in [2.24, 2.45) is 0 Å². The van der Waals surface area contributed by atoms with Gasteiger partial charge in [0.25, 0.3) is 0 Å². The van der Waals surface area contributed by atoms with Crippen molar-refractivity contribution in [1.29, 1.82) is 0 Å². The molecule has 6 unspecified atom stereocenters. The summed E-state index contributed by atoms with van der Waals surface area (Å²) in [6.45, 7) is 3.14. The first-order valence-corrected chi connectivity index (χ1v) is 23.4. The Kier molecular flexibility index (Phi) is 32.0. The van der Waals surface area contributed by atoms with Crippen LogP contribution in [0, 0.1) is 0 Å². The third-order valence-corrected chi connectivity index (χ3v) is 10.9. The van der Waals surface area contributed by atoms with Crippen LogP contribution in [0.3, 0.4) is 0 Å². The zero-order valence-electron chi connectivity index (χ0n) is 35.3. The van der Waals surface area contributed by atoms with Gasteiger partial charge in [-0.05, 0) is 51.4 Å². The molecule has 0 saturated heterocycles. The minimum absolute atomic E-state index is 0.0445. The van der Waals surface area contributed by atoms with Gasteiger partial charge in [-0.15, -0.1) is 0 Å². The SMILES string of the molecule is CC/C=C\C/C=C\C/C=C\C/C=C\CCCCC(=O)OC(COC(=O)CCCCCCCCCCCCCCCC)COP(=O)(O)OC1C(O)C(O)C(O)C(O)C1O. The van der Waals surface area contributed by atoms with Crippen LogP contribution in [0.5, 0.6) is 0 Å². The number of ether oxygens (including phenoxy) is 2. The van der Waals surface area contributed by atoms with E-state index in [1.54, 1.807) is 0 Å². The van der Waals surface area contributed by atoms with Gasteiger partial charge in [0, 0.05) is 12.8 Å². The zero-order chi connectivity index (χ0) is 42.9. The highest BCUT2D eigenvalue weighted by Crippen LogP contribution is 2.47. The minimum atomic E-state index is -5.13. The number of unbranched alkanes of at least 4 members (excludes halogenated alkanes) is 15. The summed E-state index contributed by atoms with van der Waals surface area (Å²) < 4.78 is 33.4. The number of carbonyl (C=O) groups is 2. The van der Waals surface area contributed by atoms with Crippen LogP contribution in [0.25, 0.3) is 0 Å². The normalized spacial score (nSPS) is 23.0. The van der Waals surface area contributed by atoms with Crippen molar-refractivity contribution in [2.45, 2.75) is 204 Å². The summed E-state index contributed by atoms with van der Waals surface area (Å²) >= 11 is 0. The number of hydrogen-bond acceptors (Lipinski definition) is 12. The Hall–Kier alpha value is -2.19. The third-order valence-electron chi connectivity index (χ3n) is 9.93. The van der Waals surface area contributed by atoms with Crippen molar-refractivity contribution >= 4 is 19.8 Å². The van der Waals surface area contributed by atoms with Gasteiger partial charge in [-0.1, -0.05) is 146 Å². The molecule has 6 atom stereocenters. The van der Waals surface area contributed by atoms with Crippen LogP contribution in [0.15, 0.2) is 48.6 Å². The second-order valence-electron chi connectivity index (χ2n) is 15.2. The molecule has 0 aromatic rings. The van der Waals surface area contributed by atoms with Gasteiger partial charge in [-0.25, -0.2) is 4.57 Å². The molecule has 0 spiro atoms. The number of esters is 2. The number of phosphoric acid groups is 1. The van der Waals surface area contributed by atoms with Gasteiger partial charge < -0.3 is 39.9 Å². The molecule has 1 aliphatic carbocycles. The average molecular weight is 845 g/mol. The predicted octanol–water partition coefficient (Wildman–Crippen LogP) is 8.00. The molecule has 1 fully saturated rings. The van der Waals surface area contributed by atoms with Crippen LogP contribution in [-0.2, 0) is 32.7 Å². The maximum Gasteiger partial charge on any atom is 0.472 e. The molecule has 0 radical (unpaired) electrons. The Morgan fingerprint density at radius 1 is 0.552 bits per heavy atom. The fourth-order valence-corrected chi connectivity index (χ4v) is 7.37. The monoisotopic (exact) mass is 845 g/mol. The first-order valence-electron chi connectivity index (χ1n) is 21.9. The lowest BCUT2D eigenvalue weighted by Gasteiger charge is -2.41. The lowest BCUT2D eigenvalue weighted by Crippen LogP contribution is -2.64. The molecule has 1 rings (SSSR count). The van der Waals surface area contributed by atoms with Crippen LogP contribution >= 0.6 is 7.82 Å². The number of hydrogen-bond donors (Lipinski definition) is 6. The average Bonchev–Trinajstić information content (AvgIpc) is 3.20. The molecule has 1 aliphatic rings. The molecule has 1 saturated carbocycles. The van der Waals surface area contributed by atoms with Gasteiger partial charge in [0.05, 0.1) is 6.61 Å². The molecule has 0 amide bonds. The van der Waals surface area contributed by atoms with Crippen molar-refractivity contribution in [3.05, 3.63) is 48.6 Å². The second kappa shape index (κ2) is 34.5. The molecule has 0 heterocycles.